The molecule has 10 heteroatoms. The molecule has 1 heterocycles. The minimum atomic E-state index is -1.39. The fourth-order valence-electron chi connectivity index (χ4n) is 2.34. The summed E-state index contributed by atoms with van der Waals surface area (Å²) >= 11 is 2.30. The number of aromatic nitrogens is 1. The summed E-state index contributed by atoms with van der Waals surface area (Å²) in [6.07, 6.45) is 0. The Morgan fingerprint density at radius 2 is 1.96 bits per heavy atom. The van der Waals surface area contributed by atoms with Crippen molar-refractivity contribution in [3.8, 4) is 22.1 Å². The number of hydrogen-bond acceptors (Lipinski definition) is 7. The summed E-state index contributed by atoms with van der Waals surface area (Å²) in [5.41, 5.74) is 0.0691. The minimum absolute atomic E-state index is 0.124. The molecule has 0 atom stereocenters. The number of benzene rings is 2. The standard InChI is InChI=1S/C18H14F2N2O4S2/c1-25-13-5-3-4-9(16(13)20)17-21-15(8-27-17)28-22-12-7-11(19)10(18(23)24)6-14(12)26-2/h3-8,22H,1-2H3,(H,23,24). The van der Waals surface area contributed by atoms with Gasteiger partial charge in [0, 0.05) is 23.4 Å². The van der Waals surface area contributed by atoms with E-state index < -0.39 is 23.2 Å². The molecule has 3 aromatic rings. The SMILES string of the molecule is COc1cc(C(=O)O)c(F)cc1NSc1csc(-c2cccc(OC)c2F)n1. The third-order valence-electron chi connectivity index (χ3n) is 3.68. The maximum absolute atomic E-state index is 14.4. The third kappa shape index (κ3) is 4.02. The number of rotatable bonds is 7. The van der Waals surface area contributed by atoms with Crippen LogP contribution >= 0.6 is 23.3 Å². The van der Waals surface area contributed by atoms with E-state index in [2.05, 4.69) is 9.71 Å². The van der Waals surface area contributed by atoms with Crippen molar-refractivity contribution >= 4 is 34.9 Å². The maximum atomic E-state index is 14.4. The second-order valence-electron chi connectivity index (χ2n) is 5.35. The van der Waals surface area contributed by atoms with Crippen molar-refractivity contribution in [2.75, 3.05) is 18.9 Å². The Bertz CT molecular complexity index is 1030. The highest BCUT2D eigenvalue weighted by molar-refractivity contribution is 8.00. The first kappa shape index (κ1) is 19.9. The van der Waals surface area contributed by atoms with Crippen LogP contribution in [-0.4, -0.2) is 30.3 Å². The number of ether oxygens (including phenoxy) is 2. The Kier molecular flexibility index (Phi) is 6.00. The first-order valence-corrected chi connectivity index (χ1v) is 9.46. The van der Waals surface area contributed by atoms with E-state index >= 15 is 0 Å². The Hall–Kier alpha value is -2.85. The van der Waals surface area contributed by atoms with Gasteiger partial charge in [0.1, 0.15) is 21.6 Å². The summed E-state index contributed by atoms with van der Waals surface area (Å²) in [5.74, 6) is -2.50. The van der Waals surface area contributed by atoms with E-state index in [9.17, 15) is 13.6 Å². The molecule has 146 valence electrons. The number of anilines is 1. The first-order valence-electron chi connectivity index (χ1n) is 7.76. The Labute approximate surface area is 167 Å². The number of carbonyl (C=O) groups is 1. The number of nitrogens with zero attached hydrogens (tertiary/aromatic N) is 1. The average Bonchev–Trinajstić information content (AvgIpc) is 3.15. The van der Waals surface area contributed by atoms with Gasteiger partial charge in [0.2, 0.25) is 0 Å². The van der Waals surface area contributed by atoms with Gasteiger partial charge in [-0.05, 0) is 18.2 Å². The van der Waals surface area contributed by atoms with Crippen molar-refractivity contribution in [2.24, 2.45) is 0 Å². The fraction of sp³-hybridized carbons (Fsp3) is 0.111. The Morgan fingerprint density at radius 1 is 1.21 bits per heavy atom. The van der Waals surface area contributed by atoms with Crippen LogP contribution in [0.5, 0.6) is 11.5 Å². The average molecular weight is 424 g/mol. The molecule has 0 amide bonds. The van der Waals surface area contributed by atoms with Gasteiger partial charge < -0.3 is 19.3 Å². The number of thiazole rings is 1. The van der Waals surface area contributed by atoms with Crippen molar-refractivity contribution in [1.29, 1.82) is 0 Å². The number of hydrogen-bond donors (Lipinski definition) is 2. The lowest BCUT2D eigenvalue weighted by Gasteiger charge is -2.11. The molecule has 28 heavy (non-hydrogen) atoms. The smallest absolute Gasteiger partial charge is 0.338 e. The van der Waals surface area contributed by atoms with Crippen molar-refractivity contribution < 1.29 is 28.2 Å². The fourth-order valence-corrected chi connectivity index (χ4v) is 3.94. The summed E-state index contributed by atoms with van der Waals surface area (Å²) in [7, 11) is 2.73. The molecule has 0 saturated heterocycles. The van der Waals surface area contributed by atoms with E-state index in [1.807, 2.05) is 0 Å². The number of halogens is 2. The van der Waals surface area contributed by atoms with Gasteiger partial charge in [-0.2, -0.15) is 0 Å². The van der Waals surface area contributed by atoms with E-state index in [0.717, 1.165) is 24.1 Å². The highest BCUT2D eigenvalue weighted by Crippen LogP contribution is 2.35. The topological polar surface area (TPSA) is 80.7 Å². The second kappa shape index (κ2) is 8.44. The first-order chi connectivity index (χ1) is 13.4. The Balaban J connectivity index is 1.80. The highest BCUT2D eigenvalue weighted by atomic mass is 32.2. The van der Waals surface area contributed by atoms with Crippen molar-refractivity contribution in [3.05, 3.63) is 52.9 Å². The van der Waals surface area contributed by atoms with Gasteiger partial charge in [-0.3, -0.25) is 0 Å². The molecule has 0 spiro atoms. The van der Waals surface area contributed by atoms with E-state index in [1.165, 1.54) is 31.6 Å². The zero-order valence-electron chi connectivity index (χ0n) is 14.7. The van der Waals surface area contributed by atoms with Crippen LogP contribution in [-0.2, 0) is 0 Å². The van der Waals surface area contributed by atoms with Crippen molar-refractivity contribution in [3.63, 3.8) is 0 Å². The zero-order valence-corrected chi connectivity index (χ0v) is 16.3. The predicted octanol–water partition coefficient (Wildman–Crippen LogP) is 4.92. The van der Waals surface area contributed by atoms with Gasteiger partial charge in [0.05, 0.1) is 31.0 Å². The maximum Gasteiger partial charge on any atom is 0.338 e. The molecule has 0 bridgehead atoms. The zero-order chi connectivity index (χ0) is 20.3. The van der Waals surface area contributed by atoms with E-state index in [-0.39, 0.29) is 17.2 Å². The summed E-state index contributed by atoms with van der Waals surface area (Å²) in [6, 6.07) is 6.91. The molecular weight excluding hydrogens is 410 g/mol. The number of nitrogens with one attached hydrogen (secondary N) is 1. The van der Waals surface area contributed by atoms with E-state index in [4.69, 9.17) is 14.6 Å². The normalized spacial score (nSPS) is 10.6. The molecule has 2 N–H and O–H groups in total. The van der Waals surface area contributed by atoms with Crippen LogP contribution < -0.4 is 14.2 Å². The van der Waals surface area contributed by atoms with Gasteiger partial charge in [-0.1, -0.05) is 6.07 Å². The van der Waals surface area contributed by atoms with Crippen LogP contribution in [0.25, 0.3) is 10.6 Å². The lowest BCUT2D eigenvalue weighted by molar-refractivity contribution is 0.0691. The largest absolute Gasteiger partial charge is 0.495 e. The quantitative estimate of drug-likeness (QED) is 0.521. The second-order valence-corrected chi connectivity index (χ2v) is 7.04. The van der Waals surface area contributed by atoms with Gasteiger partial charge in [-0.25, -0.2) is 18.6 Å². The molecular formula is C18H14F2N2O4S2. The lowest BCUT2D eigenvalue weighted by atomic mass is 10.2. The minimum Gasteiger partial charge on any atom is -0.495 e. The molecule has 0 unspecified atom stereocenters. The molecule has 0 saturated carbocycles. The summed E-state index contributed by atoms with van der Waals surface area (Å²) in [5, 5.41) is 11.7. The highest BCUT2D eigenvalue weighted by Gasteiger charge is 2.17. The number of carboxylic acid groups (broad SMARTS) is 1. The van der Waals surface area contributed by atoms with Crippen LogP contribution in [0.15, 0.2) is 40.7 Å². The van der Waals surface area contributed by atoms with Crippen molar-refractivity contribution in [2.45, 2.75) is 5.03 Å². The molecule has 1 aromatic heterocycles. The van der Waals surface area contributed by atoms with Crippen LogP contribution in [0.4, 0.5) is 14.5 Å². The lowest BCUT2D eigenvalue weighted by Crippen LogP contribution is -2.03. The van der Waals surface area contributed by atoms with Crippen LogP contribution in [0.2, 0.25) is 0 Å². The van der Waals surface area contributed by atoms with Crippen LogP contribution in [0.3, 0.4) is 0 Å². The van der Waals surface area contributed by atoms with Gasteiger partial charge in [0.15, 0.2) is 11.6 Å². The van der Waals surface area contributed by atoms with Crippen molar-refractivity contribution in [1.82, 2.24) is 4.98 Å². The van der Waals surface area contributed by atoms with Gasteiger partial charge in [0.25, 0.3) is 0 Å². The van der Waals surface area contributed by atoms with Gasteiger partial charge >= 0.3 is 5.97 Å². The Morgan fingerprint density at radius 3 is 2.64 bits per heavy atom. The van der Waals surface area contributed by atoms with Crippen LogP contribution in [0.1, 0.15) is 10.4 Å². The molecule has 3 rings (SSSR count). The van der Waals surface area contributed by atoms with Crippen LogP contribution in [0, 0.1) is 11.6 Å². The molecule has 0 aliphatic carbocycles. The number of carboxylic acids is 1. The molecule has 0 aliphatic heterocycles. The summed E-state index contributed by atoms with van der Waals surface area (Å²) in [6.45, 7) is 0. The molecule has 0 fully saturated rings. The van der Waals surface area contributed by atoms with E-state index in [1.54, 1.807) is 17.5 Å². The summed E-state index contributed by atoms with van der Waals surface area (Å²) in [4.78, 5) is 15.4. The van der Waals surface area contributed by atoms with E-state index in [0.29, 0.717) is 15.6 Å². The molecule has 6 nitrogen and oxygen atoms in total. The molecule has 0 aliphatic rings. The molecule has 0 radical (unpaired) electrons. The number of aromatic carboxylic acids is 1. The number of methoxy groups -OCH3 is 2. The predicted molar refractivity (Wildman–Crippen MR) is 103 cm³/mol. The third-order valence-corrected chi connectivity index (χ3v) is 5.45. The summed E-state index contributed by atoms with van der Waals surface area (Å²) < 4.78 is 41.3. The van der Waals surface area contributed by atoms with Gasteiger partial charge in [-0.15, -0.1) is 11.3 Å². The monoisotopic (exact) mass is 424 g/mol. The molecule has 2 aromatic carbocycles.